The summed E-state index contributed by atoms with van der Waals surface area (Å²) in [4.78, 5) is 9.93. The Kier molecular flexibility index (Phi) is 2.00. The van der Waals surface area contributed by atoms with Gasteiger partial charge in [-0.15, -0.1) is 4.91 Å². The van der Waals surface area contributed by atoms with Gasteiger partial charge in [0.1, 0.15) is 0 Å². The van der Waals surface area contributed by atoms with Crippen LogP contribution in [0.2, 0.25) is 0 Å². The molecule has 1 saturated heterocycles. The number of nitroso groups, excluding NO2 is 1. The lowest BCUT2D eigenvalue weighted by Crippen LogP contribution is -2.39. The average Bonchev–Trinajstić information content (AvgIpc) is 1.88. The van der Waals surface area contributed by atoms with Gasteiger partial charge >= 0.3 is 0 Å². The first-order valence-electron chi connectivity index (χ1n) is 3.16. The predicted molar refractivity (Wildman–Crippen MR) is 34.6 cm³/mol. The Morgan fingerprint density at radius 1 is 1.67 bits per heavy atom. The van der Waals surface area contributed by atoms with E-state index < -0.39 is 0 Å². The van der Waals surface area contributed by atoms with Gasteiger partial charge in [-0.3, -0.25) is 5.01 Å². The fourth-order valence-electron chi connectivity index (χ4n) is 1.06. The summed E-state index contributed by atoms with van der Waals surface area (Å²) in [5, 5.41) is 4.28. The van der Waals surface area contributed by atoms with Gasteiger partial charge in [-0.1, -0.05) is 0 Å². The molecule has 52 valence electrons. The maximum Gasteiger partial charge on any atom is 0.0543 e. The van der Waals surface area contributed by atoms with Gasteiger partial charge in [0.05, 0.1) is 11.8 Å². The molecule has 9 heavy (non-hydrogen) atoms. The van der Waals surface area contributed by atoms with Crippen LogP contribution in [0.3, 0.4) is 0 Å². The molecule has 1 fully saturated rings. The van der Waals surface area contributed by atoms with Crippen LogP contribution in [0.5, 0.6) is 0 Å². The molecule has 1 atom stereocenters. The minimum atomic E-state index is 0.149. The molecule has 1 aliphatic rings. The summed E-state index contributed by atoms with van der Waals surface area (Å²) in [6.07, 6.45) is 2.01. The Morgan fingerprint density at radius 3 is 2.89 bits per heavy atom. The molecular formula is C5H11N3O. The quantitative estimate of drug-likeness (QED) is 0.510. The van der Waals surface area contributed by atoms with E-state index in [1.165, 1.54) is 5.01 Å². The molecule has 0 aromatic heterocycles. The maximum absolute atomic E-state index is 9.93. The third kappa shape index (κ3) is 1.64. The van der Waals surface area contributed by atoms with Gasteiger partial charge < -0.3 is 5.73 Å². The molecule has 4 heteroatoms. The fraction of sp³-hybridized carbons (Fsp3) is 1.00. The first-order chi connectivity index (χ1) is 4.33. The highest BCUT2D eigenvalue weighted by Gasteiger charge is 2.14. The number of rotatable bonds is 1. The second-order valence-electron chi connectivity index (χ2n) is 2.40. The molecule has 0 aromatic rings. The van der Waals surface area contributed by atoms with E-state index >= 15 is 0 Å². The highest BCUT2D eigenvalue weighted by Crippen LogP contribution is 2.06. The summed E-state index contributed by atoms with van der Waals surface area (Å²) in [6, 6.07) is 0.149. The lowest BCUT2D eigenvalue weighted by atomic mass is 10.1. The van der Waals surface area contributed by atoms with E-state index in [-0.39, 0.29) is 6.04 Å². The van der Waals surface area contributed by atoms with Crippen molar-refractivity contribution >= 4 is 0 Å². The van der Waals surface area contributed by atoms with E-state index in [0.29, 0.717) is 6.54 Å². The lowest BCUT2D eigenvalue weighted by molar-refractivity contribution is 0.215. The van der Waals surface area contributed by atoms with E-state index in [0.717, 1.165) is 19.4 Å². The molecule has 0 aromatic carbocycles. The van der Waals surface area contributed by atoms with E-state index in [2.05, 4.69) is 5.29 Å². The minimum absolute atomic E-state index is 0.149. The molecule has 0 bridgehead atoms. The van der Waals surface area contributed by atoms with Gasteiger partial charge in [0.25, 0.3) is 0 Å². The van der Waals surface area contributed by atoms with Crippen molar-refractivity contribution in [2.45, 2.75) is 18.9 Å². The Balaban J connectivity index is 2.31. The van der Waals surface area contributed by atoms with Crippen molar-refractivity contribution in [1.82, 2.24) is 5.01 Å². The lowest BCUT2D eigenvalue weighted by Gasteiger charge is -2.24. The van der Waals surface area contributed by atoms with E-state index in [4.69, 9.17) is 5.73 Å². The van der Waals surface area contributed by atoms with Crippen molar-refractivity contribution in [3.8, 4) is 0 Å². The molecule has 0 saturated carbocycles. The van der Waals surface area contributed by atoms with Gasteiger partial charge in [0, 0.05) is 12.6 Å². The number of hydrogen-bond donors (Lipinski definition) is 1. The Morgan fingerprint density at radius 2 is 2.44 bits per heavy atom. The standard InChI is InChI=1S/C5H11N3O/c6-5-2-1-3-8(4-5)7-9/h5H,1-4,6H2/t5-/m1/s1. The molecule has 1 aliphatic heterocycles. The van der Waals surface area contributed by atoms with Crippen LogP contribution >= 0.6 is 0 Å². The van der Waals surface area contributed by atoms with Crippen molar-refractivity contribution in [2.75, 3.05) is 13.1 Å². The minimum Gasteiger partial charge on any atom is -0.326 e. The van der Waals surface area contributed by atoms with Crippen LogP contribution in [0.4, 0.5) is 0 Å². The summed E-state index contributed by atoms with van der Waals surface area (Å²) in [5.41, 5.74) is 5.56. The van der Waals surface area contributed by atoms with Crippen LogP contribution in [0, 0.1) is 4.91 Å². The second kappa shape index (κ2) is 2.77. The smallest absolute Gasteiger partial charge is 0.0543 e. The molecule has 0 aliphatic carbocycles. The van der Waals surface area contributed by atoms with Crippen molar-refractivity contribution in [3.63, 3.8) is 0 Å². The summed E-state index contributed by atoms with van der Waals surface area (Å²) in [5.74, 6) is 0. The molecule has 2 N–H and O–H groups in total. The van der Waals surface area contributed by atoms with Gasteiger partial charge in [-0.2, -0.15) is 0 Å². The number of nitrogens with two attached hydrogens (primary N) is 1. The molecule has 0 unspecified atom stereocenters. The summed E-state index contributed by atoms with van der Waals surface area (Å²) in [7, 11) is 0. The SMILES string of the molecule is N[C@@H]1CCCN(N=O)C1. The zero-order chi connectivity index (χ0) is 6.69. The first-order valence-corrected chi connectivity index (χ1v) is 3.16. The third-order valence-corrected chi connectivity index (χ3v) is 1.55. The van der Waals surface area contributed by atoms with Crippen LogP contribution < -0.4 is 5.73 Å². The highest BCUT2D eigenvalue weighted by molar-refractivity contribution is 4.71. The number of piperidine rings is 1. The number of nitrogens with zero attached hydrogens (tertiary/aromatic N) is 2. The van der Waals surface area contributed by atoms with Gasteiger partial charge in [0.2, 0.25) is 0 Å². The van der Waals surface area contributed by atoms with Crippen molar-refractivity contribution < 1.29 is 0 Å². The van der Waals surface area contributed by atoms with Crippen LogP contribution in [0.25, 0.3) is 0 Å². The van der Waals surface area contributed by atoms with Gasteiger partial charge in [-0.25, -0.2) is 0 Å². The van der Waals surface area contributed by atoms with Crippen molar-refractivity contribution in [2.24, 2.45) is 11.0 Å². The zero-order valence-corrected chi connectivity index (χ0v) is 5.29. The predicted octanol–water partition coefficient (Wildman–Crippen LogP) is 0.0909. The summed E-state index contributed by atoms with van der Waals surface area (Å²) < 4.78 is 0. The van der Waals surface area contributed by atoms with Crippen molar-refractivity contribution in [3.05, 3.63) is 4.91 Å². The Bertz CT molecular complexity index is 106. The largest absolute Gasteiger partial charge is 0.326 e. The molecule has 0 amide bonds. The monoisotopic (exact) mass is 129 g/mol. The van der Waals surface area contributed by atoms with Crippen molar-refractivity contribution in [1.29, 1.82) is 0 Å². The molecule has 1 heterocycles. The van der Waals surface area contributed by atoms with Gasteiger partial charge in [0.15, 0.2) is 0 Å². The Hall–Kier alpha value is -0.640. The first kappa shape index (κ1) is 6.48. The van der Waals surface area contributed by atoms with E-state index in [9.17, 15) is 4.91 Å². The molecule has 1 rings (SSSR count). The van der Waals surface area contributed by atoms with Crippen LogP contribution in [-0.2, 0) is 0 Å². The zero-order valence-electron chi connectivity index (χ0n) is 5.29. The number of hydrogen-bond acceptors (Lipinski definition) is 3. The third-order valence-electron chi connectivity index (χ3n) is 1.55. The average molecular weight is 129 g/mol. The van der Waals surface area contributed by atoms with Crippen LogP contribution in [-0.4, -0.2) is 24.1 Å². The summed E-state index contributed by atoms with van der Waals surface area (Å²) in [6.45, 7) is 1.40. The fourth-order valence-corrected chi connectivity index (χ4v) is 1.06. The molecule has 0 radical (unpaired) electrons. The second-order valence-corrected chi connectivity index (χ2v) is 2.40. The van der Waals surface area contributed by atoms with E-state index in [1.54, 1.807) is 0 Å². The molecule has 4 nitrogen and oxygen atoms in total. The van der Waals surface area contributed by atoms with Crippen LogP contribution in [0.1, 0.15) is 12.8 Å². The van der Waals surface area contributed by atoms with E-state index in [1.807, 2.05) is 0 Å². The van der Waals surface area contributed by atoms with Gasteiger partial charge in [-0.05, 0) is 12.8 Å². The summed E-state index contributed by atoms with van der Waals surface area (Å²) >= 11 is 0. The molecular weight excluding hydrogens is 118 g/mol. The molecule has 0 spiro atoms. The van der Waals surface area contributed by atoms with Crippen LogP contribution in [0.15, 0.2) is 5.29 Å². The maximum atomic E-state index is 9.93. The normalized spacial score (nSPS) is 28.1. The highest BCUT2D eigenvalue weighted by atomic mass is 16.3. The topological polar surface area (TPSA) is 58.7 Å². The Labute approximate surface area is 54.0 Å².